The molecule has 4 atom stereocenters. The third-order valence-corrected chi connectivity index (χ3v) is 4.29. The maximum absolute atomic E-state index is 12.3. The molecule has 116 valence electrons. The summed E-state index contributed by atoms with van der Waals surface area (Å²) in [4.78, 5) is 25.7. The van der Waals surface area contributed by atoms with E-state index in [2.05, 4.69) is 17.1 Å². The van der Waals surface area contributed by atoms with Crippen LogP contribution in [0.3, 0.4) is 0 Å². The molecule has 1 rings (SSSR count). The molecule has 1 aliphatic rings. The predicted molar refractivity (Wildman–Crippen MR) is 78.4 cm³/mol. The number of amides is 1. The van der Waals surface area contributed by atoms with Crippen LogP contribution in [0.1, 0.15) is 39.5 Å². The van der Waals surface area contributed by atoms with Crippen LogP contribution in [0.15, 0.2) is 0 Å². The number of carboxylic acid groups (broad SMARTS) is 1. The minimum Gasteiger partial charge on any atom is -0.481 e. The molecule has 20 heavy (non-hydrogen) atoms. The van der Waals surface area contributed by atoms with E-state index >= 15 is 0 Å². The Kier molecular flexibility index (Phi) is 6.46. The van der Waals surface area contributed by atoms with Gasteiger partial charge in [-0.1, -0.05) is 13.3 Å². The maximum atomic E-state index is 12.3. The quantitative estimate of drug-likeness (QED) is 0.744. The summed E-state index contributed by atoms with van der Waals surface area (Å²) >= 11 is 0. The van der Waals surface area contributed by atoms with Crippen LogP contribution in [0.2, 0.25) is 0 Å². The second-order valence-corrected chi connectivity index (χ2v) is 6.30. The summed E-state index contributed by atoms with van der Waals surface area (Å²) < 4.78 is 0. The Bertz CT molecular complexity index is 344. The summed E-state index contributed by atoms with van der Waals surface area (Å²) in [5.74, 6) is -1.43. The first-order valence-corrected chi connectivity index (χ1v) is 7.53. The normalized spacial score (nSPS) is 27.6. The lowest BCUT2D eigenvalue weighted by Gasteiger charge is -2.21. The summed E-state index contributed by atoms with van der Waals surface area (Å²) in [7, 11) is 4.00. The van der Waals surface area contributed by atoms with Gasteiger partial charge in [-0.25, -0.2) is 0 Å². The van der Waals surface area contributed by atoms with Crippen LogP contribution in [0.25, 0.3) is 0 Å². The molecule has 1 saturated carbocycles. The van der Waals surface area contributed by atoms with Crippen LogP contribution in [-0.2, 0) is 9.59 Å². The van der Waals surface area contributed by atoms with Crippen molar-refractivity contribution < 1.29 is 14.7 Å². The number of rotatable bonds is 7. The summed E-state index contributed by atoms with van der Waals surface area (Å²) in [5, 5.41) is 12.2. The van der Waals surface area contributed by atoms with Gasteiger partial charge in [0.25, 0.3) is 0 Å². The second-order valence-electron chi connectivity index (χ2n) is 6.30. The number of nitrogens with one attached hydrogen (secondary N) is 1. The largest absolute Gasteiger partial charge is 0.481 e. The summed E-state index contributed by atoms with van der Waals surface area (Å²) in [6.45, 7) is 4.94. The van der Waals surface area contributed by atoms with Crippen molar-refractivity contribution in [3.05, 3.63) is 0 Å². The van der Waals surface area contributed by atoms with Crippen molar-refractivity contribution in [2.75, 3.05) is 20.6 Å². The van der Waals surface area contributed by atoms with E-state index in [1.807, 2.05) is 21.0 Å². The van der Waals surface area contributed by atoms with Crippen LogP contribution in [0.4, 0.5) is 0 Å². The molecular weight excluding hydrogens is 256 g/mol. The van der Waals surface area contributed by atoms with Crippen LogP contribution >= 0.6 is 0 Å². The van der Waals surface area contributed by atoms with Gasteiger partial charge in [0.05, 0.1) is 11.8 Å². The van der Waals surface area contributed by atoms with Gasteiger partial charge in [0.15, 0.2) is 0 Å². The van der Waals surface area contributed by atoms with Gasteiger partial charge >= 0.3 is 5.97 Å². The van der Waals surface area contributed by atoms with E-state index in [0.717, 1.165) is 19.4 Å². The molecule has 0 aliphatic heterocycles. The molecule has 0 spiro atoms. The molecule has 2 N–H and O–H groups in total. The van der Waals surface area contributed by atoms with Crippen molar-refractivity contribution in [1.29, 1.82) is 0 Å². The average molecular weight is 284 g/mol. The van der Waals surface area contributed by atoms with Crippen molar-refractivity contribution in [3.8, 4) is 0 Å². The highest BCUT2D eigenvalue weighted by Crippen LogP contribution is 2.38. The zero-order valence-corrected chi connectivity index (χ0v) is 13.1. The molecule has 0 heterocycles. The van der Waals surface area contributed by atoms with Gasteiger partial charge < -0.3 is 15.3 Å². The van der Waals surface area contributed by atoms with E-state index in [-0.39, 0.29) is 17.9 Å². The van der Waals surface area contributed by atoms with E-state index in [0.29, 0.717) is 18.8 Å². The van der Waals surface area contributed by atoms with Gasteiger partial charge in [0, 0.05) is 6.04 Å². The highest BCUT2D eigenvalue weighted by molar-refractivity contribution is 5.85. The van der Waals surface area contributed by atoms with E-state index in [9.17, 15) is 14.7 Å². The predicted octanol–water partition coefficient (Wildman–Crippen LogP) is 1.58. The standard InChI is InChI=1S/C15H28N2O3/c1-5-11-8-12(13(9-11)15(19)20)14(18)16-10(2)6-7-17(3)4/h10-13H,5-9H2,1-4H3,(H,16,18)(H,19,20). The van der Waals surface area contributed by atoms with Gasteiger partial charge in [-0.05, 0) is 52.7 Å². The fourth-order valence-electron chi connectivity index (χ4n) is 2.91. The summed E-state index contributed by atoms with van der Waals surface area (Å²) in [6.07, 6.45) is 3.17. The zero-order chi connectivity index (χ0) is 15.3. The summed E-state index contributed by atoms with van der Waals surface area (Å²) in [5.41, 5.74) is 0. The second kappa shape index (κ2) is 7.62. The molecule has 0 radical (unpaired) electrons. The number of carbonyl (C=O) groups is 2. The Hall–Kier alpha value is -1.10. The molecule has 1 amide bonds. The maximum Gasteiger partial charge on any atom is 0.307 e. The molecule has 1 fully saturated rings. The SMILES string of the molecule is CCC1CC(C(=O)O)C(C(=O)NC(C)CCN(C)C)C1. The van der Waals surface area contributed by atoms with Crippen LogP contribution in [0, 0.1) is 17.8 Å². The Morgan fingerprint density at radius 1 is 1.30 bits per heavy atom. The lowest BCUT2D eigenvalue weighted by molar-refractivity contribution is -0.146. The van der Waals surface area contributed by atoms with E-state index < -0.39 is 11.9 Å². The Morgan fingerprint density at radius 3 is 2.40 bits per heavy atom. The number of carbonyl (C=O) groups excluding carboxylic acids is 1. The topological polar surface area (TPSA) is 69.6 Å². The highest BCUT2D eigenvalue weighted by Gasteiger charge is 2.42. The monoisotopic (exact) mass is 284 g/mol. The van der Waals surface area contributed by atoms with Crippen molar-refractivity contribution in [2.45, 2.75) is 45.6 Å². The number of hydrogen-bond acceptors (Lipinski definition) is 3. The molecule has 4 unspecified atom stereocenters. The molecule has 0 aromatic heterocycles. The van der Waals surface area contributed by atoms with Gasteiger partial charge in [0.2, 0.25) is 5.91 Å². The Morgan fingerprint density at radius 2 is 1.90 bits per heavy atom. The first-order valence-electron chi connectivity index (χ1n) is 7.53. The number of hydrogen-bond donors (Lipinski definition) is 2. The van der Waals surface area contributed by atoms with Crippen LogP contribution < -0.4 is 5.32 Å². The molecule has 0 aromatic carbocycles. The average Bonchev–Trinajstić information content (AvgIpc) is 2.80. The third kappa shape index (κ3) is 4.78. The van der Waals surface area contributed by atoms with E-state index in [1.54, 1.807) is 0 Å². The van der Waals surface area contributed by atoms with Gasteiger partial charge in [-0.3, -0.25) is 9.59 Å². The first-order chi connectivity index (χ1) is 9.35. The van der Waals surface area contributed by atoms with Crippen molar-refractivity contribution in [1.82, 2.24) is 10.2 Å². The molecule has 0 saturated heterocycles. The molecule has 1 aliphatic carbocycles. The van der Waals surface area contributed by atoms with Crippen molar-refractivity contribution >= 4 is 11.9 Å². The van der Waals surface area contributed by atoms with Crippen LogP contribution in [0.5, 0.6) is 0 Å². The minimum absolute atomic E-state index is 0.0834. The molecule has 5 heteroatoms. The lowest BCUT2D eigenvalue weighted by Crippen LogP contribution is -2.41. The van der Waals surface area contributed by atoms with Crippen LogP contribution in [-0.4, -0.2) is 48.6 Å². The smallest absolute Gasteiger partial charge is 0.307 e. The van der Waals surface area contributed by atoms with E-state index in [1.165, 1.54) is 0 Å². The van der Waals surface area contributed by atoms with E-state index in [4.69, 9.17) is 0 Å². The lowest BCUT2D eigenvalue weighted by atomic mass is 9.95. The minimum atomic E-state index is -0.831. The van der Waals surface area contributed by atoms with Gasteiger partial charge in [-0.2, -0.15) is 0 Å². The molecule has 0 bridgehead atoms. The zero-order valence-electron chi connectivity index (χ0n) is 13.1. The number of carboxylic acids is 1. The van der Waals surface area contributed by atoms with Gasteiger partial charge in [0.1, 0.15) is 0 Å². The molecule has 5 nitrogen and oxygen atoms in total. The van der Waals surface area contributed by atoms with Gasteiger partial charge in [-0.15, -0.1) is 0 Å². The Labute approximate surface area is 121 Å². The number of aliphatic carboxylic acids is 1. The molecular formula is C15H28N2O3. The van der Waals surface area contributed by atoms with Crippen molar-refractivity contribution in [2.24, 2.45) is 17.8 Å². The fourth-order valence-corrected chi connectivity index (χ4v) is 2.91. The first kappa shape index (κ1) is 17.0. The third-order valence-electron chi connectivity index (χ3n) is 4.29. The molecule has 0 aromatic rings. The summed E-state index contributed by atoms with van der Waals surface area (Å²) in [6, 6.07) is 0.0834. The highest BCUT2D eigenvalue weighted by atomic mass is 16.4. The number of nitrogens with zero attached hydrogens (tertiary/aromatic N) is 1. The van der Waals surface area contributed by atoms with Crippen molar-refractivity contribution in [3.63, 3.8) is 0 Å². The fraction of sp³-hybridized carbons (Fsp3) is 0.867. The Balaban J connectivity index is 2.54.